The largest absolute Gasteiger partial charge is 0.322 e. The van der Waals surface area contributed by atoms with Crippen molar-refractivity contribution >= 4 is 11.6 Å². The Hall–Kier alpha value is -2.99. The van der Waals surface area contributed by atoms with Crippen molar-refractivity contribution in [1.29, 1.82) is 0 Å². The molecule has 0 spiro atoms. The van der Waals surface area contributed by atoms with E-state index in [9.17, 15) is 9.18 Å². The number of nitrogens with zero attached hydrogens (tertiary/aromatic N) is 1. The number of nitrogens with one attached hydrogen (secondary N) is 3. The molecule has 24 heavy (non-hydrogen) atoms. The highest BCUT2D eigenvalue weighted by molar-refractivity contribution is 6.04. The molecule has 0 aliphatic carbocycles. The molecule has 1 aromatic heterocycles. The Morgan fingerprint density at radius 1 is 1.08 bits per heavy atom. The Morgan fingerprint density at radius 2 is 1.96 bits per heavy atom. The van der Waals surface area contributed by atoms with E-state index in [0.717, 1.165) is 11.3 Å². The van der Waals surface area contributed by atoms with Gasteiger partial charge in [0.1, 0.15) is 5.82 Å². The highest BCUT2D eigenvalue weighted by atomic mass is 19.1. The SMILES string of the molecule is O=C(Nc1cccc(CNCc2ccn[nH]2)c1)c1cccc(F)c1. The predicted molar refractivity (Wildman–Crippen MR) is 89.9 cm³/mol. The maximum Gasteiger partial charge on any atom is 0.255 e. The van der Waals surface area contributed by atoms with Gasteiger partial charge in [0, 0.05) is 36.2 Å². The highest BCUT2D eigenvalue weighted by Crippen LogP contribution is 2.13. The summed E-state index contributed by atoms with van der Waals surface area (Å²) in [7, 11) is 0. The minimum Gasteiger partial charge on any atom is -0.322 e. The Balaban J connectivity index is 1.59. The third-order valence-corrected chi connectivity index (χ3v) is 3.47. The maximum atomic E-state index is 13.2. The molecule has 0 unspecified atom stereocenters. The fourth-order valence-electron chi connectivity index (χ4n) is 2.32. The summed E-state index contributed by atoms with van der Waals surface area (Å²) >= 11 is 0. The number of hydrogen-bond donors (Lipinski definition) is 3. The molecule has 0 atom stereocenters. The van der Waals surface area contributed by atoms with Gasteiger partial charge in [-0.1, -0.05) is 18.2 Å². The summed E-state index contributed by atoms with van der Waals surface area (Å²) in [6.45, 7) is 1.34. The Morgan fingerprint density at radius 3 is 2.75 bits per heavy atom. The fourth-order valence-corrected chi connectivity index (χ4v) is 2.32. The maximum absolute atomic E-state index is 13.2. The molecule has 6 heteroatoms. The third kappa shape index (κ3) is 4.27. The van der Waals surface area contributed by atoms with E-state index >= 15 is 0 Å². The molecular formula is C18H17FN4O. The number of rotatable bonds is 6. The smallest absolute Gasteiger partial charge is 0.255 e. The zero-order chi connectivity index (χ0) is 16.8. The number of carbonyl (C=O) groups is 1. The predicted octanol–water partition coefficient (Wildman–Crippen LogP) is 3.09. The molecule has 0 saturated heterocycles. The molecule has 3 aromatic rings. The molecule has 5 nitrogen and oxygen atoms in total. The van der Waals surface area contributed by atoms with Gasteiger partial charge in [-0.05, 0) is 42.0 Å². The van der Waals surface area contributed by atoms with Crippen LogP contribution in [0.2, 0.25) is 0 Å². The van der Waals surface area contributed by atoms with Gasteiger partial charge >= 0.3 is 0 Å². The van der Waals surface area contributed by atoms with Crippen molar-refractivity contribution in [3.05, 3.63) is 83.4 Å². The average molecular weight is 324 g/mol. The van der Waals surface area contributed by atoms with Gasteiger partial charge in [0.25, 0.3) is 5.91 Å². The van der Waals surface area contributed by atoms with Gasteiger partial charge in [-0.25, -0.2) is 4.39 Å². The zero-order valence-electron chi connectivity index (χ0n) is 12.9. The molecule has 0 bridgehead atoms. The first-order valence-corrected chi connectivity index (χ1v) is 7.55. The summed E-state index contributed by atoms with van der Waals surface area (Å²) in [6.07, 6.45) is 1.71. The Bertz CT molecular complexity index is 817. The topological polar surface area (TPSA) is 69.8 Å². The number of aromatic amines is 1. The molecule has 0 radical (unpaired) electrons. The van der Waals surface area contributed by atoms with E-state index in [1.54, 1.807) is 18.3 Å². The molecule has 3 N–H and O–H groups in total. The molecule has 1 heterocycles. The van der Waals surface area contributed by atoms with Crippen LogP contribution in [-0.2, 0) is 13.1 Å². The summed E-state index contributed by atoms with van der Waals surface area (Å²) < 4.78 is 13.2. The lowest BCUT2D eigenvalue weighted by Gasteiger charge is -2.08. The summed E-state index contributed by atoms with van der Waals surface area (Å²) in [5, 5.41) is 12.8. The molecule has 122 valence electrons. The van der Waals surface area contributed by atoms with Gasteiger partial charge in [-0.3, -0.25) is 9.89 Å². The van der Waals surface area contributed by atoms with E-state index in [2.05, 4.69) is 20.8 Å². The number of H-pyrrole nitrogens is 1. The van der Waals surface area contributed by atoms with E-state index in [0.29, 0.717) is 18.8 Å². The van der Waals surface area contributed by atoms with Crippen LogP contribution in [0.15, 0.2) is 60.8 Å². The van der Waals surface area contributed by atoms with Crippen LogP contribution in [0.4, 0.5) is 10.1 Å². The van der Waals surface area contributed by atoms with Crippen LogP contribution < -0.4 is 10.6 Å². The van der Waals surface area contributed by atoms with Crippen molar-refractivity contribution in [2.45, 2.75) is 13.1 Å². The van der Waals surface area contributed by atoms with Crippen LogP contribution in [0, 0.1) is 5.82 Å². The molecule has 1 amide bonds. The van der Waals surface area contributed by atoms with Crippen molar-refractivity contribution in [1.82, 2.24) is 15.5 Å². The summed E-state index contributed by atoms with van der Waals surface area (Å²) in [5.41, 5.74) is 3.00. The van der Waals surface area contributed by atoms with Crippen LogP contribution in [0.3, 0.4) is 0 Å². The van der Waals surface area contributed by atoms with Gasteiger partial charge in [0.2, 0.25) is 0 Å². The molecule has 0 aliphatic rings. The van der Waals surface area contributed by atoms with Crippen molar-refractivity contribution in [3.8, 4) is 0 Å². The van der Waals surface area contributed by atoms with Gasteiger partial charge in [0.05, 0.1) is 0 Å². The lowest BCUT2D eigenvalue weighted by molar-refractivity contribution is 0.102. The first-order chi connectivity index (χ1) is 11.7. The number of benzene rings is 2. The second-order valence-corrected chi connectivity index (χ2v) is 5.35. The lowest BCUT2D eigenvalue weighted by Crippen LogP contribution is -2.14. The quantitative estimate of drug-likeness (QED) is 0.652. The molecule has 0 aliphatic heterocycles. The summed E-state index contributed by atoms with van der Waals surface area (Å²) in [5.74, 6) is -0.767. The molecule has 2 aromatic carbocycles. The van der Waals surface area contributed by atoms with Crippen molar-refractivity contribution in [3.63, 3.8) is 0 Å². The average Bonchev–Trinajstić information content (AvgIpc) is 3.09. The van der Waals surface area contributed by atoms with Crippen molar-refractivity contribution in [2.75, 3.05) is 5.32 Å². The number of anilines is 1. The summed E-state index contributed by atoms with van der Waals surface area (Å²) in [4.78, 5) is 12.1. The van der Waals surface area contributed by atoms with E-state index in [-0.39, 0.29) is 11.5 Å². The van der Waals surface area contributed by atoms with Crippen LogP contribution in [0.25, 0.3) is 0 Å². The van der Waals surface area contributed by atoms with E-state index in [4.69, 9.17) is 0 Å². The minimum absolute atomic E-state index is 0.290. The summed E-state index contributed by atoms with van der Waals surface area (Å²) in [6, 6.07) is 15.0. The highest BCUT2D eigenvalue weighted by Gasteiger charge is 2.07. The second kappa shape index (κ2) is 7.52. The number of hydrogen-bond acceptors (Lipinski definition) is 3. The molecule has 3 rings (SSSR count). The normalized spacial score (nSPS) is 10.5. The molecule has 0 saturated carbocycles. The monoisotopic (exact) mass is 324 g/mol. The second-order valence-electron chi connectivity index (χ2n) is 5.35. The minimum atomic E-state index is -0.431. The van der Waals surface area contributed by atoms with Gasteiger partial charge in [0.15, 0.2) is 0 Å². The lowest BCUT2D eigenvalue weighted by atomic mass is 10.1. The van der Waals surface area contributed by atoms with E-state index in [1.807, 2.05) is 24.3 Å². The zero-order valence-corrected chi connectivity index (χ0v) is 12.9. The number of halogens is 1. The first-order valence-electron chi connectivity index (χ1n) is 7.55. The van der Waals surface area contributed by atoms with E-state index in [1.165, 1.54) is 18.2 Å². The standard InChI is InChI=1S/C18H17FN4O/c19-15-5-2-4-14(10-15)18(24)22-16-6-1-3-13(9-16)11-20-12-17-7-8-21-23-17/h1-10,20H,11-12H2,(H,21,23)(H,22,24). The number of carbonyl (C=O) groups excluding carboxylic acids is 1. The van der Waals surface area contributed by atoms with Crippen molar-refractivity contribution < 1.29 is 9.18 Å². The third-order valence-electron chi connectivity index (χ3n) is 3.47. The Labute approximate surface area is 138 Å². The first kappa shape index (κ1) is 15.9. The number of amides is 1. The van der Waals surface area contributed by atoms with Crippen LogP contribution in [0.1, 0.15) is 21.6 Å². The fraction of sp³-hybridized carbons (Fsp3) is 0.111. The van der Waals surface area contributed by atoms with Crippen molar-refractivity contribution in [2.24, 2.45) is 0 Å². The Kier molecular flexibility index (Phi) is 4.98. The molecule has 0 fully saturated rings. The van der Waals surface area contributed by atoms with Gasteiger partial charge in [-0.2, -0.15) is 5.10 Å². The van der Waals surface area contributed by atoms with Gasteiger partial charge < -0.3 is 10.6 Å². The molecular weight excluding hydrogens is 307 g/mol. The number of aromatic nitrogens is 2. The van der Waals surface area contributed by atoms with Crippen LogP contribution in [0.5, 0.6) is 0 Å². The van der Waals surface area contributed by atoms with Crippen LogP contribution in [-0.4, -0.2) is 16.1 Å². The van der Waals surface area contributed by atoms with Gasteiger partial charge in [-0.15, -0.1) is 0 Å². The van der Waals surface area contributed by atoms with Crippen LogP contribution >= 0.6 is 0 Å². The van der Waals surface area contributed by atoms with E-state index < -0.39 is 5.82 Å².